The maximum Gasteiger partial charge on any atom is 0.0466 e. The molecule has 0 radical (unpaired) electrons. The molecule has 0 heterocycles. The highest BCUT2D eigenvalue weighted by atomic mass is 14.6. The first-order chi connectivity index (χ1) is 16.3. The van der Waals surface area contributed by atoms with E-state index in [1.54, 1.807) is 6.08 Å². The lowest BCUT2D eigenvalue weighted by molar-refractivity contribution is 0.464. The lowest BCUT2D eigenvalue weighted by Crippen LogP contribution is -2.32. The summed E-state index contributed by atoms with van der Waals surface area (Å²) in [5.74, 6) is 0. The Morgan fingerprint density at radius 2 is 1.56 bits per heavy atom. The average molecular weight is 447 g/mol. The van der Waals surface area contributed by atoms with Crippen LogP contribution in [0, 0.1) is 0 Å². The first-order valence-electron chi connectivity index (χ1n) is 11.4. The van der Waals surface area contributed by atoms with Crippen molar-refractivity contribution in [2.75, 3.05) is 5.73 Å². The van der Waals surface area contributed by atoms with Gasteiger partial charge in [0, 0.05) is 22.2 Å². The Balaban J connectivity index is 2.48. The molecule has 3 rings (SSSR count). The molecule has 2 nitrogen and oxygen atoms in total. The van der Waals surface area contributed by atoms with E-state index in [0.717, 1.165) is 28.8 Å². The lowest BCUT2D eigenvalue weighted by Gasteiger charge is -2.37. The summed E-state index contributed by atoms with van der Waals surface area (Å²) < 4.78 is 0. The third-order valence-corrected chi connectivity index (χ3v) is 6.65. The second kappa shape index (κ2) is 10.3. The number of nitrogens with two attached hydrogens (primary N) is 2. The maximum atomic E-state index is 6.09. The molecule has 2 atom stereocenters. The molecule has 4 N–H and O–H groups in total. The first-order valence-corrected chi connectivity index (χ1v) is 11.4. The van der Waals surface area contributed by atoms with Gasteiger partial charge in [0.1, 0.15) is 0 Å². The summed E-state index contributed by atoms with van der Waals surface area (Å²) in [5, 5.41) is 0. The van der Waals surface area contributed by atoms with E-state index < -0.39 is 5.41 Å². The largest absolute Gasteiger partial charge is 0.399 e. The van der Waals surface area contributed by atoms with Crippen molar-refractivity contribution in [3.05, 3.63) is 163 Å². The van der Waals surface area contributed by atoms with Crippen LogP contribution in [-0.4, -0.2) is 0 Å². The molecule has 0 bridgehead atoms. The average Bonchev–Trinajstić information content (AvgIpc) is 3.10. The van der Waals surface area contributed by atoms with E-state index >= 15 is 0 Å². The molecule has 2 aromatic carbocycles. The van der Waals surface area contributed by atoms with Crippen LogP contribution in [-0.2, 0) is 10.8 Å². The molecular weight excluding hydrogens is 412 g/mol. The SMILES string of the molecule is C=C/C=C\C1=C(C=C)C(C)(c2ccccc2)CC1(C(/C=C\C(=C)N)=C/C=C)c1ccc(N)cc1. The van der Waals surface area contributed by atoms with Crippen LogP contribution in [0.25, 0.3) is 0 Å². The van der Waals surface area contributed by atoms with Gasteiger partial charge in [0.25, 0.3) is 0 Å². The van der Waals surface area contributed by atoms with Crippen LogP contribution in [0.15, 0.2) is 152 Å². The Labute approximate surface area is 204 Å². The summed E-state index contributed by atoms with van der Waals surface area (Å²) in [6, 6.07) is 18.7. The fraction of sp³-hybridized carbons (Fsp3) is 0.125. The number of rotatable bonds is 9. The standard InChI is InChI=1S/C32H34N2/c1-6-9-16-30-29(8-3)31(5,25-14-11-10-12-15-25)23-32(30,27-19-21-28(34)22-20-27)26(13-7-2)18-17-24(4)33/h6-22H,1-4,23,33-34H2,5H3/b16-9-,18-17-,26-13+. The fourth-order valence-electron chi connectivity index (χ4n) is 5.16. The summed E-state index contributed by atoms with van der Waals surface area (Å²) in [7, 11) is 0. The van der Waals surface area contributed by atoms with Crippen LogP contribution in [0.1, 0.15) is 24.5 Å². The normalized spacial score (nSPS) is 22.9. The van der Waals surface area contributed by atoms with Gasteiger partial charge in [-0.15, -0.1) is 0 Å². The van der Waals surface area contributed by atoms with E-state index in [0.29, 0.717) is 5.70 Å². The van der Waals surface area contributed by atoms with Crippen LogP contribution in [0.4, 0.5) is 5.69 Å². The zero-order valence-electron chi connectivity index (χ0n) is 20.0. The minimum absolute atomic E-state index is 0.293. The van der Waals surface area contributed by atoms with Crippen LogP contribution in [0.2, 0.25) is 0 Å². The van der Waals surface area contributed by atoms with Gasteiger partial charge >= 0.3 is 0 Å². The van der Waals surface area contributed by atoms with Gasteiger partial charge in [-0.05, 0) is 52.5 Å². The molecular formula is C32H34N2. The molecule has 0 aromatic heterocycles. The van der Waals surface area contributed by atoms with E-state index in [9.17, 15) is 0 Å². The molecule has 0 saturated carbocycles. The fourth-order valence-corrected chi connectivity index (χ4v) is 5.16. The number of hydrogen-bond donors (Lipinski definition) is 2. The summed E-state index contributed by atoms with van der Waals surface area (Å²) in [5.41, 5.74) is 18.2. The Morgan fingerprint density at radius 1 is 0.882 bits per heavy atom. The van der Waals surface area contributed by atoms with Gasteiger partial charge < -0.3 is 11.5 Å². The van der Waals surface area contributed by atoms with Crippen molar-refractivity contribution < 1.29 is 0 Å². The zero-order valence-corrected chi connectivity index (χ0v) is 20.0. The van der Waals surface area contributed by atoms with Crippen LogP contribution in [0.5, 0.6) is 0 Å². The highest BCUT2D eigenvalue weighted by Crippen LogP contribution is 2.59. The number of nitrogen functional groups attached to an aromatic ring is 1. The highest BCUT2D eigenvalue weighted by Gasteiger charge is 2.52. The van der Waals surface area contributed by atoms with Crippen LogP contribution in [0.3, 0.4) is 0 Å². The van der Waals surface area contributed by atoms with E-state index in [2.05, 4.69) is 81.8 Å². The second-order valence-electron chi connectivity index (χ2n) is 8.79. The summed E-state index contributed by atoms with van der Waals surface area (Å²) in [4.78, 5) is 0. The summed E-state index contributed by atoms with van der Waals surface area (Å²) >= 11 is 0. The summed E-state index contributed by atoms with van der Waals surface area (Å²) in [6.45, 7) is 18.3. The van der Waals surface area contributed by atoms with Gasteiger partial charge in [-0.1, -0.05) is 118 Å². The predicted octanol–water partition coefficient (Wildman–Crippen LogP) is 7.23. The van der Waals surface area contributed by atoms with Gasteiger partial charge in [-0.2, -0.15) is 0 Å². The van der Waals surface area contributed by atoms with Crippen molar-refractivity contribution in [2.45, 2.75) is 24.2 Å². The van der Waals surface area contributed by atoms with Gasteiger partial charge in [0.15, 0.2) is 0 Å². The van der Waals surface area contributed by atoms with E-state index in [4.69, 9.17) is 11.5 Å². The molecule has 1 aliphatic carbocycles. The Bertz CT molecular complexity index is 1210. The zero-order chi connectivity index (χ0) is 24.8. The molecule has 1 aliphatic rings. The molecule has 0 saturated heterocycles. The highest BCUT2D eigenvalue weighted by molar-refractivity contribution is 5.66. The second-order valence-corrected chi connectivity index (χ2v) is 8.79. The van der Waals surface area contributed by atoms with Crippen molar-refractivity contribution in [1.29, 1.82) is 0 Å². The number of benzene rings is 2. The minimum Gasteiger partial charge on any atom is -0.399 e. The molecule has 2 heteroatoms. The van der Waals surface area contributed by atoms with Gasteiger partial charge in [-0.3, -0.25) is 0 Å². The van der Waals surface area contributed by atoms with Crippen LogP contribution >= 0.6 is 0 Å². The molecule has 2 aromatic rings. The number of allylic oxidation sites excluding steroid dienone is 11. The van der Waals surface area contributed by atoms with Crippen molar-refractivity contribution in [2.24, 2.45) is 5.73 Å². The molecule has 0 fully saturated rings. The lowest BCUT2D eigenvalue weighted by atomic mass is 9.65. The van der Waals surface area contributed by atoms with Crippen molar-refractivity contribution in [1.82, 2.24) is 0 Å². The molecule has 0 spiro atoms. The predicted molar refractivity (Wildman–Crippen MR) is 148 cm³/mol. The monoisotopic (exact) mass is 446 g/mol. The van der Waals surface area contributed by atoms with E-state index in [1.165, 1.54) is 11.1 Å². The molecule has 34 heavy (non-hydrogen) atoms. The molecule has 0 amide bonds. The smallest absolute Gasteiger partial charge is 0.0466 e. The van der Waals surface area contributed by atoms with Crippen LogP contribution < -0.4 is 11.5 Å². The topological polar surface area (TPSA) is 52.0 Å². The summed E-state index contributed by atoms with van der Waals surface area (Å²) in [6.07, 6.45) is 16.5. The Hall–Kier alpha value is -4.04. The van der Waals surface area contributed by atoms with E-state index in [1.807, 2.05) is 48.6 Å². The quantitative estimate of drug-likeness (QED) is 0.315. The first kappa shape index (κ1) is 24.6. The maximum absolute atomic E-state index is 6.09. The van der Waals surface area contributed by atoms with Crippen molar-refractivity contribution in [3.8, 4) is 0 Å². The van der Waals surface area contributed by atoms with Crippen molar-refractivity contribution in [3.63, 3.8) is 0 Å². The molecule has 2 unspecified atom stereocenters. The molecule has 0 aliphatic heterocycles. The van der Waals surface area contributed by atoms with E-state index in [-0.39, 0.29) is 5.41 Å². The van der Waals surface area contributed by atoms with Gasteiger partial charge in [0.05, 0.1) is 0 Å². The third-order valence-electron chi connectivity index (χ3n) is 6.65. The Morgan fingerprint density at radius 3 is 2.12 bits per heavy atom. The minimum atomic E-state index is -0.512. The van der Waals surface area contributed by atoms with Gasteiger partial charge in [-0.25, -0.2) is 0 Å². The van der Waals surface area contributed by atoms with Crippen molar-refractivity contribution >= 4 is 5.69 Å². The Kier molecular flexibility index (Phi) is 7.43. The number of anilines is 1. The molecule has 172 valence electrons. The number of hydrogen-bond acceptors (Lipinski definition) is 2. The van der Waals surface area contributed by atoms with Gasteiger partial charge in [0.2, 0.25) is 0 Å². The third kappa shape index (κ3) is 4.40.